The molecule has 0 spiro atoms. The molecule has 0 atom stereocenters. The molecule has 0 aliphatic rings. The van der Waals surface area contributed by atoms with Crippen molar-refractivity contribution < 1.29 is 0 Å². The van der Waals surface area contributed by atoms with E-state index in [0.717, 1.165) is 17.1 Å². The van der Waals surface area contributed by atoms with Crippen LogP contribution in [0.4, 0.5) is 17.1 Å². The van der Waals surface area contributed by atoms with Gasteiger partial charge in [0, 0.05) is 37.6 Å². The first-order valence-electron chi connectivity index (χ1n) is 17.4. The summed E-state index contributed by atoms with van der Waals surface area (Å²) in [5.41, 5.74) is 7.02. The summed E-state index contributed by atoms with van der Waals surface area (Å²) >= 11 is 1.90. The van der Waals surface area contributed by atoms with Gasteiger partial charge in [-0.3, -0.25) is 0 Å². The van der Waals surface area contributed by atoms with Gasteiger partial charge in [0.15, 0.2) is 0 Å². The highest BCUT2D eigenvalue weighted by Gasteiger charge is 2.24. The van der Waals surface area contributed by atoms with Crippen LogP contribution in [-0.4, -0.2) is 4.57 Å². The third-order valence-corrected chi connectivity index (χ3v) is 11.8. The molecule has 51 heavy (non-hydrogen) atoms. The number of hydrogen-bond donors (Lipinski definition) is 0. The maximum Gasteiger partial charge on any atom is 0.0640 e. The SMILES string of the molecule is c1ccc(N(c2cccc3c2sc2c4ccccc4ccc32)c2cccc3c2c2cc4ccccc4cc2n3-c2ccc3ccccc3c2)cc1. The van der Waals surface area contributed by atoms with Crippen LogP contribution in [0.1, 0.15) is 0 Å². The van der Waals surface area contributed by atoms with Crippen molar-refractivity contribution in [3.63, 3.8) is 0 Å². The molecule has 0 saturated heterocycles. The second-order valence-electron chi connectivity index (χ2n) is 13.3. The van der Waals surface area contributed by atoms with Crippen LogP contribution in [0.2, 0.25) is 0 Å². The molecule has 9 aromatic carbocycles. The van der Waals surface area contributed by atoms with Gasteiger partial charge in [-0.2, -0.15) is 0 Å². The van der Waals surface area contributed by atoms with Crippen molar-refractivity contribution in [1.82, 2.24) is 4.57 Å². The van der Waals surface area contributed by atoms with Gasteiger partial charge in [0.05, 0.1) is 27.1 Å². The Morgan fingerprint density at radius 1 is 0.373 bits per heavy atom. The maximum absolute atomic E-state index is 2.49. The Hall–Kier alpha value is -6.42. The summed E-state index contributed by atoms with van der Waals surface area (Å²) in [6.07, 6.45) is 0. The third-order valence-electron chi connectivity index (χ3n) is 10.5. The second-order valence-corrected chi connectivity index (χ2v) is 14.4. The summed E-state index contributed by atoms with van der Waals surface area (Å²) in [6.45, 7) is 0. The predicted octanol–water partition coefficient (Wildman–Crippen LogP) is 14.1. The van der Waals surface area contributed by atoms with Crippen molar-refractivity contribution in [2.45, 2.75) is 0 Å². The summed E-state index contributed by atoms with van der Waals surface area (Å²) in [4.78, 5) is 2.49. The van der Waals surface area contributed by atoms with Gasteiger partial charge in [-0.05, 0) is 86.9 Å². The summed E-state index contributed by atoms with van der Waals surface area (Å²) in [7, 11) is 0. The minimum Gasteiger partial charge on any atom is -0.309 e. The topological polar surface area (TPSA) is 8.17 Å². The summed E-state index contributed by atoms with van der Waals surface area (Å²) in [5.74, 6) is 0. The van der Waals surface area contributed by atoms with Crippen LogP contribution in [0.15, 0.2) is 182 Å². The molecule has 11 aromatic rings. The molecule has 0 amide bonds. The highest BCUT2D eigenvalue weighted by molar-refractivity contribution is 7.27. The van der Waals surface area contributed by atoms with E-state index in [1.165, 1.54) is 80.0 Å². The lowest BCUT2D eigenvalue weighted by Crippen LogP contribution is -2.10. The van der Waals surface area contributed by atoms with Crippen LogP contribution in [0.3, 0.4) is 0 Å². The molecule has 11 rings (SSSR count). The van der Waals surface area contributed by atoms with Crippen LogP contribution in [0.25, 0.3) is 80.0 Å². The minimum atomic E-state index is 1.13. The number of fused-ring (bicyclic) bond motifs is 10. The first-order valence-corrected chi connectivity index (χ1v) is 18.3. The van der Waals surface area contributed by atoms with Crippen molar-refractivity contribution in [2.24, 2.45) is 0 Å². The molecule has 2 nitrogen and oxygen atoms in total. The standard InChI is InChI=1S/C48H30N2S/c1-2-17-36(18-3-1)49(44-23-10-20-39-40-27-25-32-13-8-9-19-38(32)47(40)51-48(39)44)42-21-11-22-43-46(42)41-29-34-15-6-7-16-35(34)30-45(41)50(43)37-26-24-31-12-4-5-14-33(31)28-37/h1-30H. The number of benzene rings is 9. The monoisotopic (exact) mass is 666 g/mol. The molecular formula is C48H30N2S. The Kier molecular flexibility index (Phi) is 6.16. The average molecular weight is 667 g/mol. The Bertz CT molecular complexity index is 3150. The van der Waals surface area contributed by atoms with Gasteiger partial charge in [-0.1, -0.05) is 127 Å². The van der Waals surface area contributed by atoms with Crippen molar-refractivity contribution in [1.29, 1.82) is 0 Å². The minimum absolute atomic E-state index is 1.13. The molecule has 238 valence electrons. The maximum atomic E-state index is 2.49. The third kappa shape index (κ3) is 4.29. The zero-order valence-electron chi connectivity index (χ0n) is 27.6. The van der Waals surface area contributed by atoms with E-state index in [9.17, 15) is 0 Å². The number of aromatic nitrogens is 1. The van der Waals surface area contributed by atoms with E-state index in [2.05, 4.69) is 191 Å². The van der Waals surface area contributed by atoms with Crippen LogP contribution >= 0.6 is 11.3 Å². The molecule has 3 heteroatoms. The van der Waals surface area contributed by atoms with Crippen LogP contribution < -0.4 is 4.90 Å². The largest absolute Gasteiger partial charge is 0.309 e. The molecule has 0 saturated carbocycles. The van der Waals surface area contributed by atoms with Crippen LogP contribution in [0.5, 0.6) is 0 Å². The Morgan fingerprint density at radius 3 is 1.84 bits per heavy atom. The summed E-state index contributed by atoms with van der Waals surface area (Å²) < 4.78 is 5.08. The van der Waals surface area contributed by atoms with E-state index in [1.807, 2.05) is 11.3 Å². The van der Waals surface area contributed by atoms with Gasteiger partial charge in [-0.25, -0.2) is 0 Å². The highest BCUT2D eigenvalue weighted by Crippen LogP contribution is 2.49. The first kappa shape index (κ1) is 28.4. The van der Waals surface area contributed by atoms with Gasteiger partial charge >= 0.3 is 0 Å². The van der Waals surface area contributed by atoms with Gasteiger partial charge in [0.25, 0.3) is 0 Å². The van der Waals surface area contributed by atoms with Crippen molar-refractivity contribution >= 4 is 103 Å². The molecule has 0 radical (unpaired) electrons. The predicted molar refractivity (Wildman–Crippen MR) is 221 cm³/mol. The fourth-order valence-electron chi connectivity index (χ4n) is 8.19. The van der Waals surface area contributed by atoms with Gasteiger partial charge in [-0.15, -0.1) is 11.3 Å². The van der Waals surface area contributed by atoms with Gasteiger partial charge < -0.3 is 9.47 Å². The van der Waals surface area contributed by atoms with Crippen molar-refractivity contribution in [3.8, 4) is 5.69 Å². The number of anilines is 3. The average Bonchev–Trinajstić information content (AvgIpc) is 3.74. The molecule has 2 aromatic heterocycles. The van der Waals surface area contributed by atoms with Crippen LogP contribution in [-0.2, 0) is 0 Å². The van der Waals surface area contributed by atoms with E-state index < -0.39 is 0 Å². The number of nitrogens with zero attached hydrogens (tertiary/aromatic N) is 2. The van der Waals surface area contributed by atoms with E-state index in [1.54, 1.807) is 0 Å². The zero-order chi connectivity index (χ0) is 33.5. The van der Waals surface area contributed by atoms with Gasteiger partial charge in [0.1, 0.15) is 0 Å². The van der Waals surface area contributed by atoms with E-state index in [0.29, 0.717) is 0 Å². The number of para-hydroxylation sites is 1. The lowest BCUT2D eigenvalue weighted by Gasteiger charge is -2.27. The quantitative estimate of drug-likeness (QED) is 0.181. The Balaban J connectivity index is 1.26. The molecule has 0 aliphatic heterocycles. The first-order chi connectivity index (χ1) is 25.3. The summed E-state index contributed by atoms with van der Waals surface area (Å²) in [6, 6.07) is 66.7. The number of rotatable bonds is 4. The zero-order valence-corrected chi connectivity index (χ0v) is 28.4. The normalized spacial score (nSPS) is 11.9. The molecule has 0 bridgehead atoms. The Morgan fingerprint density at radius 2 is 1.00 bits per heavy atom. The fourth-order valence-corrected chi connectivity index (χ4v) is 9.53. The smallest absolute Gasteiger partial charge is 0.0640 e. The number of thiophene rings is 1. The lowest BCUT2D eigenvalue weighted by atomic mass is 10.0. The molecule has 0 aliphatic carbocycles. The van der Waals surface area contributed by atoms with Crippen molar-refractivity contribution in [2.75, 3.05) is 4.90 Å². The molecule has 0 N–H and O–H groups in total. The van der Waals surface area contributed by atoms with Gasteiger partial charge in [0.2, 0.25) is 0 Å². The van der Waals surface area contributed by atoms with Crippen molar-refractivity contribution in [3.05, 3.63) is 182 Å². The molecule has 0 unspecified atom stereocenters. The lowest BCUT2D eigenvalue weighted by molar-refractivity contribution is 1.19. The second kappa shape index (κ2) is 11.0. The molecule has 2 heterocycles. The van der Waals surface area contributed by atoms with Crippen LogP contribution in [0, 0.1) is 0 Å². The number of hydrogen-bond acceptors (Lipinski definition) is 2. The van der Waals surface area contributed by atoms with E-state index in [4.69, 9.17) is 0 Å². The van der Waals surface area contributed by atoms with E-state index >= 15 is 0 Å². The fraction of sp³-hybridized carbons (Fsp3) is 0. The Labute approximate surface area is 298 Å². The molecule has 0 fully saturated rings. The summed E-state index contributed by atoms with van der Waals surface area (Å²) in [5, 5.41) is 12.6. The molecular weight excluding hydrogens is 637 g/mol. The van der Waals surface area contributed by atoms with E-state index in [-0.39, 0.29) is 0 Å². The highest BCUT2D eigenvalue weighted by atomic mass is 32.1.